The van der Waals surface area contributed by atoms with E-state index >= 15 is 0 Å². The SMILES string of the molecule is O=C(COCc1ccccc1Cl)C1CCCC1. The van der Waals surface area contributed by atoms with Crippen LogP contribution in [0.4, 0.5) is 0 Å². The van der Waals surface area contributed by atoms with Crippen LogP contribution in [0.5, 0.6) is 0 Å². The van der Waals surface area contributed by atoms with E-state index in [1.807, 2.05) is 24.3 Å². The molecule has 1 saturated carbocycles. The molecule has 0 N–H and O–H groups in total. The Morgan fingerprint density at radius 2 is 2.00 bits per heavy atom. The van der Waals surface area contributed by atoms with E-state index in [-0.39, 0.29) is 18.3 Å². The van der Waals surface area contributed by atoms with Gasteiger partial charge in [-0.2, -0.15) is 0 Å². The fourth-order valence-electron chi connectivity index (χ4n) is 2.24. The summed E-state index contributed by atoms with van der Waals surface area (Å²) in [5.41, 5.74) is 0.938. The lowest BCUT2D eigenvalue weighted by molar-refractivity contribution is -0.127. The van der Waals surface area contributed by atoms with E-state index < -0.39 is 0 Å². The molecule has 0 unspecified atom stereocenters. The maximum atomic E-state index is 11.8. The summed E-state index contributed by atoms with van der Waals surface area (Å²) in [5.74, 6) is 0.482. The Kier molecular flexibility index (Phi) is 4.57. The highest BCUT2D eigenvalue weighted by Gasteiger charge is 2.22. The first-order valence-electron chi connectivity index (χ1n) is 6.11. The van der Waals surface area contributed by atoms with Gasteiger partial charge in [-0.3, -0.25) is 4.79 Å². The summed E-state index contributed by atoms with van der Waals surface area (Å²) in [6.45, 7) is 0.633. The normalized spacial score (nSPS) is 16.3. The number of rotatable bonds is 5. The summed E-state index contributed by atoms with van der Waals surface area (Å²) in [6.07, 6.45) is 4.43. The lowest BCUT2D eigenvalue weighted by Gasteiger charge is -2.09. The van der Waals surface area contributed by atoms with Crippen LogP contribution in [0.15, 0.2) is 24.3 Å². The molecule has 17 heavy (non-hydrogen) atoms. The second-order valence-electron chi connectivity index (χ2n) is 4.53. The smallest absolute Gasteiger partial charge is 0.161 e. The minimum atomic E-state index is 0.218. The average Bonchev–Trinajstić information content (AvgIpc) is 2.85. The quantitative estimate of drug-likeness (QED) is 0.800. The van der Waals surface area contributed by atoms with Crippen LogP contribution in [0.2, 0.25) is 5.02 Å². The van der Waals surface area contributed by atoms with Crippen molar-refractivity contribution in [3.63, 3.8) is 0 Å². The minimum Gasteiger partial charge on any atom is -0.369 e. The van der Waals surface area contributed by atoms with E-state index in [0.29, 0.717) is 11.6 Å². The van der Waals surface area contributed by atoms with Crippen molar-refractivity contribution in [1.82, 2.24) is 0 Å². The van der Waals surface area contributed by atoms with Gasteiger partial charge in [0.1, 0.15) is 6.61 Å². The van der Waals surface area contributed by atoms with Gasteiger partial charge in [0.15, 0.2) is 5.78 Å². The Bertz CT molecular complexity index is 384. The number of carbonyl (C=O) groups is 1. The summed E-state index contributed by atoms with van der Waals surface area (Å²) in [7, 11) is 0. The largest absolute Gasteiger partial charge is 0.369 e. The third-order valence-electron chi connectivity index (χ3n) is 3.27. The van der Waals surface area contributed by atoms with E-state index in [1.54, 1.807) is 0 Å². The van der Waals surface area contributed by atoms with Crippen molar-refractivity contribution in [3.05, 3.63) is 34.9 Å². The third kappa shape index (κ3) is 3.55. The Hall–Kier alpha value is -0.860. The Balaban J connectivity index is 1.76. The third-order valence-corrected chi connectivity index (χ3v) is 3.64. The number of hydrogen-bond acceptors (Lipinski definition) is 2. The van der Waals surface area contributed by atoms with E-state index in [9.17, 15) is 4.79 Å². The fraction of sp³-hybridized carbons (Fsp3) is 0.500. The molecule has 2 rings (SSSR count). The number of halogens is 1. The fourth-order valence-corrected chi connectivity index (χ4v) is 2.43. The molecular weight excluding hydrogens is 236 g/mol. The summed E-state index contributed by atoms with van der Waals surface area (Å²) in [6, 6.07) is 7.56. The van der Waals surface area contributed by atoms with Crippen molar-refractivity contribution < 1.29 is 9.53 Å². The van der Waals surface area contributed by atoms with Crippen molar-refractivity contribution in [1.29, 1.82) is 0 Å². The zero-order chi connectivity index (χ0) is 12.1. The van der Waals surface area contributed by atoms with Crippen LogP contribution >= 0.6 is 11.6 Å². The molecule has 92 valence electrons. The molecule has 1 aromatic carbocycles. The summed E-state index contributed by atoms with van der Waals surface area (Å²) >= 11 is 6.00. The Morgan fingerprint density at radius 1 is 1.29 bits per heavy atom. The first-order chi connectivity index (χ1) is 8.27. The topological polar surface area (TPSA) is 26.3 Å². The van der Waals surface area contributed by atoms with Crippen molar-refractivity contribution in [3.8, 4) is 0 Å². The lowest BCUT2D eigenvalue weighted by atomic mass is 10.0. The van der Waals surface area contributed by atoms with E-state index in [2.05, 4.69) is 0 Å². The molecule has 0 saturated heterocycles. The van der Waals surface area contributed by atoms with Gasteiger partial charge in [-0.25, -0.2) is 0 Å². The van der Waals surface area contributed by atoms with Gasteiger partial charge in [0, 0.05) is 10.9 Å². The highest BCUT2D eigenvalue weighted by Crippen LogP contribution is 2.25. The molecule has 0 heterocycles. The van der Waals surface area contributed by atoms with Crippen LogP contribution in [-0.4, -0.2) is 12.4 Å². The van der Waals surface area contributed by atoms with Crippen molar-refractivity contribution in [2.75, 3.05) is 6.61 Å². The van der Waals surface area contributed by atoms with Gasteiger partial charge < -0.3 is 4.74 Å². The van der Waals surface area contributed by atoms with Crippen LogP contribution in [0, 0.1) is 5.92 Å². The van der Waals surface area contributed by atoms with Crippen molar-refractivity contribution in [2.45, 2.75) is 32.3 Å². The van der Waals surface area contributed by atoms with Gasteiger partial charge in [0.05, 0.1) is 6.61 Å². The lowest BCUT2D eigenvalue weighted by Crippen LogP contribution is -2.17. The highest BCUT2D eigenvalue weighted by molar-refractivity contribution is 6.31. The number of Topliss-reactive ketones (excluding diaryl/α,β-unsaturated/α-hetero) is 1. The summed E-state index contributed by atoms with van der Waals surface area (Å²) in [4.78, 5) is 11.8. The van der Waals surface area contributed by atoms with Crippen molar-refractivity contribution >= 4 is 17.4 Å². The second kappa shape index (κ2) is 6.18. The van der Waals surface area contributed by atoms with Gasteiger partial charge in [-0.15, -0.1) is 0 Å². The van der Waals surface area contributed by atoms with Crippen LogP contribution in [0.3, 0.4) is 0 Å². The van der Waals surface area contributed by atoms with Gasteiger partial charge in [-0.05, 0) is 24.5 Å². The predicted molar refractivity (Wildman–Crippen MR) is 68.1 cm³/mol. The number of hydrogen-bond donors (Lipinski definition) is 0. The number of ketones is 1. The molecule has 0 aromatic heterocycles. The first kappa shape index (κ1) is 12.6. The second-order valence-corrected chi connectivity index (χ2v) is 4.94. The van der Waals surface area contributed by atoms with Gasteiger partial charge in [-0.1, -0.05) is 42.6 Å². The molecule has 0 spiro atoms. The molecule has 3 heteroatoms. The van der Waals surface area contributed by atoms with Gasteiger partial charge >= 0.3 is 0 Å². The highest BCUT2D eigenvalue weighted by atomic mass is 35.5. The maximum Gasteiger partial charge on any atom is 0.161 e. The van der Waals surface area contributed by atoms with Gasteiger partial charge in [0.25, 0.3) is 0 Å². The molecule has 0 amide bonds. The molecule has 0 bridgehead atoms. The predicted octanol–water partition coefficient (Wildman–Crippen LogP) is 3.62. The zero-order valence-electron chi connectivity index (χ0n) is 9.82. The van der Waals surface area contributed by atoms with Crippen molar-refractivity contribution in [2.24, 2.45) is 5.92 Å². The summed E-state index contributed by atoms with van der Waals surface area (Å²) < 4.78 is 5.44. The molecular formula is C14H17ClO2. The molecule has 1 aliphatic carbocycles. The maximum absolute atomic E-state index is 11.8. The number of carbonyl (C=O) groups excluding carboxylic acids is 1. The Labute approximate surface area is 107 Å². The van der Waals surface area contributed by atoms with Crippen LogP contribution in [0.1, 0.15) is 31.2 Å². The number of ether oxygens (including phenoxy) is 1. The molecule has 0 aliphatic heterocycles. The first-order valence-corrected chi connectivity index (χ1v) is 6.49. The molecule has 0 radical (unpaired) electrons. The molecule has 0 atom stereocenters. The average molecular weight is 253 g/mol. The van der Waals surface area contributed by atoms with E-state index in [1.165, 1.54) is 12.8 Å². The van der Waals surface area contributed by atoms with Crippen LogP contribution in [-0.2, 0) is 16.1 Å². The summed E-state index contributed by atoms with van der Waals surface area (Å²) in [5, 5.41) is 0.695. The van der Waals surface area contributed by atoms with Crippen LogP contribution < -0.4 is 0 Å². The number of benzene rings is 1. The Morgan fingerprint density at radius 3 is 2.71 bits per heavy atom. The van der Waals surface area contributed by atoms with Gasteiger partial charge in [0.2, 0.25) is 0 Å². The molecule has 1 aliphatic rings. The molecule has 1 aromatic rings. The molecule has 2 nitrogen and oxygen atoms in total. The minimum absolute atomic E-state index is 0.218. The van der Waals surface area contributed by atoms with E-state index in [0.717, 1.165) is 18.4 Å². The zero-order valence-corrected chi connectivity index (χ0v) is 10.6. The van der Waals surface area contributed by atoms with Crippen LogP contribution in [0.25, 0.3) is 0 Å². The van der Waals surface area contributed by atoms with E-state index in [4.69, 9.17) is 16.3 Å². The monoisotopic (exact) mass is 252 g/mol. The molecule has 1 fully saturated rings. The standard InChI is InChI=1S/C14H17ClO2/c15-13-8-4-3-7-12(13)9-17-10-14(16)11-5-1-2-6-11/h3-4,7-8,11H,1-2,5-6,9-10H2.